The minimum Gasteiger partial charge on any atom is -0.542 e. The molecule has 35 heavy (non-hydrogen) atoms. The van der Waals surface area contributed by atoms with E-state index in [1.807, 2.05) is 24.3 Å². The zero-order valence-corrected chi connectivity index (χ0v) is 18.3. The molecule has 0 spiro atoms. The van der Waals surface area contributed by atoms with Crippen LogP contribution in [-0.4, -0.2) is 65.1 Å². The Balaban J connectivity index is 0.000000429. The summed E-state index contributed by atoms with van der Waals surface area (Å²) >= 11 is 0. The van der Waals surface area contributed by atoms with Gasteiger partial charge in [-0.3, -0.25) is 10.1 Å². The van der Waals surface area contributed by atoms with Crippen molar-refractivity contribution in [3.05, 3.63) is 68.6 Å². The van der Waals surface area contributed by atoms with Crippen LogP contribution in [0.25, 0.3) is 11.4 Å². The first-order valence-electron chi connectivity index (χ1n) is 10.1. The van der Waals surface area contributed by atoms with Gasteiger partial charge in [0.05, 0.1) is 34.3 Å². The predicted octanol–water partition coefficient (Wildman–Crippen LogP) is 1.64. The third-order valence-corrected chi connectivity index (χ3v) is 5.25. The van der Waals surface area contributed by atoms with Gasteiger partial charge in [0.25, 0.3) is 5.69 Å². The molecule has 186 valence electrons. The van der Waals surface area contributed by atoms with Gasteiger partial charge in [0.2, 0.25) is 0 Å². The molecule has 0 saturated heterocycles. The number of alkyl halides is 3. The molecule has 2 N–H and O–H groups in total. The van der Waals surface area contributed by atoms with Gasteiger partial charge in [-0.1, -0.05) is 5.01 Å². The third-order valence-electron chi connectivity index (χ3n) is 5.25. The number of carbonyl (C=O) groups excluding carboxylic acids is 1. The van der Waals surface area contributed by atoms with Gasteiger partial charge < -0.3 is 25.3 Å². The summed E-state index contributed by atoms with van der Waals surface area (Å²) in [5.41, 5.74) is 9.21. The number of nitrogens with zero attached hydrogens (tertiary/aromatic N) is 4. The van der Waals surface area contributed by atoms with Gasteiger partial charge in [0.1, 0.15) is 24.0 Å². The van der Waals surface area contributed by atoms with Gasteiger partial charge in [0.15, 0.2) is 4.87 Å². The predicted molar refractivity (Wildman–Crippen MR) is 115 cm³/mol. The molecule has 2 aromatic rings. The second kappa shape index (κ2) is 9.97. The number of nitrogens with two attached hydrogens (primary N) is 1. The number of fused-ring (bicyclic) bond motifs is 3. The van der Waals surface area contributed by atoms with E-state index in [0.717, 1.165) is 27.6 Å². The van der Waals surface area contributed by atoms with E-state index in [-0.39, 0.29) is 11.4 Å². The van der Waals surface area contributed by atoms with Crippen molar-refractivity contribution in [3.8, 4) is 5.75 Å². The van der Waals surface area contributed by atoms with Crippen molar-refractivity contribution in [2.24, 2.45) is 5.73 Å². The molecule has 0 radical (unpaired) electrons. The van der Waals surface area contributed by atoms with Crippen LogP contribution in [0.1, 0.15) is 11.1 Å². The van der Waals surface area contributed by atoms with Crippen LogP contribution in [0, 0.1) is 15.0 Å². The van der Waals surface area contributed by atoms with Crippen molar-refractivity contribution < 1.29 is 37.6 Å². The fourth-order valence-electron chi connectivity index (χ4n) is 3.73. The van der Waals surface area contributed by atoms with Crippen LogP contribution >= 0.6 is 0 Å². The number of aliphatic carboxylic acids is 1. The van der Waals surface area contributed by atoms with Crippen LogP contribution in [0.5, 0.6) is 5.75 Å². The number of rotatable bonds is 5. The highest BCUT2D eigenvalue weighted by Gasteiger charge is 2.47. The fraction of sp³-hybridized carbons (Fsp3) is 0.286. The monoisotopic (exact) mass is 495 g/mol. The van der Waals surface area contributed by atoms with Crippen LogP contribution in [0.3, 0.4) is 0 Å². The number of nitroso groups, excluding NO2 is 1. The van der Waals surface area contributed by atoms with Crippen molar-refractivity contribution in [1.82, 2.24) is 9.91 Å². The Morgan fingerprint density at radius 3 is 2.31 bits per heavy atom. The lowest BCUT2D eigenvalue weighted by molar-refractivity contribution is -0.612. The highest BCUT2D eigenvalue weighted by atomic mass is 19.4. The summed E-state index contributed by atoms with van der Waals surface area (Å²) in [6.07, 6.45) is -5.19. The Morgan fingerprint density at radius 1 is 1.17 bits per heavy atom. The molecule has 2 aliphatic rings. The first kappa shape index (κ1) is 25.4. The van der Waals surface area contributed by atoms with Crippen molar-refractivity contribution in [3.63, 3.8) is 0 Å². The van der Waals surface area contributed by atoms with Gasteiger partial charge in [0, 0.05) is 31.3 Å². The number of nitro groups is 1. The van der Waals surface area contributed by atoms with E-state index in [4.69, 9.17) is 20.4 Å². The summed E-state index contributed by atoms with van der Waals surface area (Å²) in [6.45, 7) is 2.21. The number of methoxy groups -OCH3 is 1. The Hall–Kier alpha value is -4.20. The number of nitro benzene ring substituents is 1. The number of carboxylic acid groups (broad SMARTS) is 1. The summed E-state index contributed by atoms with van der Waals surface area (Å²) in [5.74, 6) is -2.27. The van der Waals surface area contributed by atoms with Gasteiger partial charge in [-0.15, -0.1) is 0 Å². The number of hydrogen-bond donors (Lipinski definition) is 1. The quantitative estimate of drug-likeness (QED) is 0.372. The van der Waals surface area contributed by atoms with Gasteiger partial charge >= 0.3 is 11.9 Å². The molecule has 2 aromatic carbocycles. The third kappa shape index (κ3) is 5.16. The van der Waals surface area contributed by atoms with Gasteiger partial charge in [-0.2, -0.15) is 13.2 Å². The molecule has 0 aliphatic carbocycles. The maximum Gasteiger partial charge on any atom is 0.430 e. The molecule has 0 aromatic heterocycles. The standard InChI is InChI=1S/C19H20N5O4.C2HF3O2/c1-28-15-5-2-13(3-6-15)18-19-16-7-4-14(24(26)27)12-17(16)23(25)22(19)11-10-21(18)9-8-20;3-2(4,5)1(6)7/h2-7,12H,8-11,20H2,1H3;(H,6,7)/q+1;/p-1. The van der Waals surface area contributed by atoms with Crippen LogP contribution < -0.4 is 15.6 Å². The van der Waals surface area contributed by atoms with Crippen LogP contribution in [0.4, 0.5) is 24.5 Å². The topological polar surface area (TPSA) is 145 Å². The van der Waals surface area contributed by atoms with Gasteiger partial charge in [-0.25, -0.2) is 0 Å². The summed E-state index contributed by atoms with van der Waals surface area (Å²) < 4.78 is 36.8. The number of benzene rings is 2. The van der Waals surface area contributed by atoms with E-state index in [0.29, 0.717) is 31.7 Å². The molecular weight excluding hydrogens is 475 g/mol. The van der Waals surface area contributed by atoms with E-state index < -0.39 is 17.1 Å². The van der Waals surface area contributed by atoms with Gasteiger partial charge in [-0.05, 0) is 30.3 Å². The van der Waals surface area contributed by atoms with E-state index in [9.17, 15) is 28.2 Å². The number of hydrazine groups is 1. The molecule has 0 atom stereocenters. The number of halogens is 3. The zero-order chi connectivity index (χ0) is 25.9. The maximum atomic E-state index is 12.9. The van der Waals surface area contributed by atoms with Crippen molar-refractivity contribution >= 4 is 28.7 Å². The van der Waals surface area contributed by atoms with Crippen molar-refractivity contribution in [1.29, 1.82) is 0 Å². The Morgan fingerprint density at radius 2 is 1.80 bits per heavy atom. The summed E-state index contributed by atoms with van der Waals surface area (Å²) in [5, 5.41) is 21.5. The lowest BCUT2D eigenvalue weighted by atomic mass is 10.0. The molecule has 0 amide bonds. The molecular formula is C21H20F3N5O6. The molecule has 0 bridgehead atoms. The largest absolute Gasteiger partial charge is 0.542 e. The van der Waals surface area contributed by atoms with Crippen LogP contribution in [-0.2, 0) is 4.79 Å². The minimum absolute atomic E-state index is 0.107. The van der Waals surface area contributed by atoms with E-state index in [2.05, 4.69) is 4.90 Å². The maximum absolute atomic E-state index is 12.9. The Kier molecular flexibility index (Phi) is 7.24. The number of hydrogen-bond acceptors (Lipinski definition) is 8. The smallest absolute Gasteiger partial charge is 0.430 e. The average molecular weight is 495 g/mol. The SMILES string of the molecule is COc1ccc(C2=C3c4ccc([N+](=O)[O-])cc4[N+](=O)N3CCN2CCN)cc1.O=C([O-])C(F)(F)F. The molecule has 14 heteroatoms. The number of ether oxygens (including phenoxy) is 1. The van der Waals surface area contributed by atoms with Crippen molar-refractivity contribution in [2.75, 3.05) is 33.3 Å². The van der Waals surface area contributed by atoms with E-state index >= 15 is 0 Å². The van der Waals surface area contributed by atoms with E-state index in [1.54, 1.807) is 18.2 Å². The Labute approximate surface area is 196 Å². The molecule has 11 nitrogen and oxygen atoms in total. The molecule has 2 aliphatic heterocycles. The number of carbonyl (C=O) groups is 1. The summed E-state index contributed by atoms with van der Waals surface area (Å²) in [4.78, 5) is 35.2. The summed E-state index contributed by atoms with van der Waals surface area (Å²) in [6, 6.07) is 12.0. The summed E-state index contributed by atoms with van der Waals surface area (Å²) in [7, 11) is 1.61. The number of carboxylic acids is 1. The normalized spacial score (nSPS) is 14.7. The van der Waals surface area contributed by atoms with Crippen LogP contribution in [0.15, 0.2) is 42.5 Å². The lowest BCUT2D eigenvalue weighted by Gasteiger charge is -2.33. The second-order valence-corrected chi connectivity index (χ2v) is 7.34. The first-order chi connectivity index (χ1) is 16.5. The second-order valence-electron chi connectivity index (χ2n) is 7.34. The molecule has 0 unspecified atom stereocenters. The molecule has 2 heterocycles. The minimum atomic E-state index is -5.19. The molecule has 0 saturated carbocycles. The highest BCUT2D eigenvalue weighted by molar-refractivity contribution is 5.93. The Bertz CT molecular complexity index is 1180. The average Bonchev–Trinajstić information content (AvgIpc) is 3.10. The molecule has 4 rings (SSSR count). The number of non-ortho nitro benzene ring substituents is 1. The lowest BCUT2D eigenvalue weighted by Crippen LogP contribution is -2.42. The zero-order valence-electron chi connectivity index (χ0n) is 18.3. The highest BCUT2D eigenvalue weighted by Crippen LogP contribution is 2.45. The van der Waals surface area contributed by atoms with E-state index in [1.165, 1.54) is 12.1 Å². The first-order valence-corrected chi connectivity index (χ1v) is 10.1. The van der Waals surface area contributed by atoms with Crippen LogP contribution in [0.2, 0.25) is 0 Å². The molecule has 0 fully saturated rings. The van der Waals surface area contributed by atoms with Crippen molar-refractivity contribution in [2.45, 2.75) is 6.18 Å². The fourth-order valence-corrected chi connectivity index (χ4v) is 3.73.